The number of ether oxygens (including phenoxy) is 1. The third-order valence-electron chi connectivity index (χ3n) is 0.867. The Bertz CT molecular complexity index is 112. The van der Waals surface area contributed by atoms with Crippen LogP contribution in [0, 0.1) is 5.92 Å². The second-order valence-corrected chi connectivity index (χ2v) is 2.10. The van der Waals surface area contributed by atoms with Gasteiger partial charge in [0, 0.05) is 13.0 Å². The molecule has 0 aliphatic carbocycles. The Morgan fingerprint density at radius 3 is 1.91 bits per heavy atom. The van der Waals surface area contributed by atoms with Crippen molar-refractivity contribution in [2.24, 2.45) is 5.92 Å². The standard InChI is InChI=1S/C5H11NO.C2H4O2/c1-4(2)5(7)6-3;1-4-2-3/h4H,1-3H3,(H,6,7);2H,1H3. The molecule has 0 radical (unpaired) electrons. The van der Waals surface area contributed by atoms with Crippen molar-refractivity contribution in [3.63, 3.8) is 0 Å². The van der Waals surface area contributed by atoms with Crippen molar-refractivity contribution < 1.29 is 14.3 Å². The zero-order valence-corrected chi connectivity index (χ0v) is 7.38. The van der Waals surface area contributed by atoms with Crippen molar-refractivity contribution in [2.75, 3.05) is 14.2 Å². The summed E-state index contributed by atoms with van der Waals surface area (Å²) in [5.41, 5.74) is 0. The highest BCUT2D eigenvalue weighted by atomic mass is 16.5. The van der Waals surface area contributed by atoms with Gasteiger partial charge in [0.2, 0.25) is 5.91 Å². The Balaban J connectivity index is 0. The Morgan fingerprint density at radius 2 is 1.91 bits per heavy atom. The highest BCUT2D eigenvalue weighted by Crippen LogP contribution is 1.87. The summed E-state index contributed by atoms with van der Waals surface area (Å²) in [4.78, 5) is 19.4. The lowest BCUT2D eigenvalue weighted by Crippen LogP contribution is -2.22. The van der Waals surface area contributed by atoms with Crippen LogP contribution in [0.25, 0.3) is 0 Å². The average molecular weight is 161 g/mol. The molecule has 0 rings (SSSR count). The van der Waals surface area contributed by atoms with Gasteiger partial charge in [0.15, 0.2) is 0 Å². The number of amides is 1. The highest BCUT2D eigenvalue weighted by Gasteiger charge is 2.00. The summed E-state index contributed by atoms with van der Waals surface area (Å²) in [5, 5.41) is 2.53. The van der Waals surface area contributed by atoms with E-state index in [2.05, 4.69) is 10.1 Å². The van der Waals surface area contributed by atoms with E-state index in [0.717, 1.165) is 0 Å². The zero-order valence-electron chi connectivity index (χ0n) is 7.38. The molecular formula is C7H15NO3. The first-order valence-electron chi connectivity index (χ1n) is 3.28. The van der Waals surface area contributed by atoms with Gasteiger partial charge >= 0.3 is 0 Å². The van der Waals surface area contributed by atoms with E-state index in [1.807, 2.05) is 13.8 Å². The number of hydrogen-bond acceptors (Lipinski definition) is 3. The molecule has 0 aromatic heterocycles. The van der Waals surface area contributed by atoms with Crippen LogP contribution in [0.5, 0.6) is 0 Å². The number of methoxy groups -OCH3 is 1. The number of carbonyl (C=O) groups excluding carboxylic acids is 2. The van der Waals surface area contributed by atoms with Crippen LogP contribution in [0.15, 0.2) is 0 Å². The molecule has 11 heavy (non-hydrogen) atoms. The molecule has 0 aliphatic rings. The minimum atomic E-state index is 0.0972. The minimum absolute atomic E-state index is 0.0972. The van der Waals surface area contributed by atoms with Crippen LogP contribution in [0.4, 0.5) is 0 Å². The molecule has 1 N–H and O–H groups in total. The lowest BCUT2D eigenvalue weighted by molar-refractivity contribution is -0.126. The molecule has 4 heteroatoms. The Morgan fingerprint density at radius 1 is 1.55 bits per heavy atom. The number of hydrogen-bond donors (Lipinski definition) is 1. The van der Waals surface area contributed by atoms with Gasteiger partial charge in [-0.2, -0.15) is 0 Å². The fourth-order valence-corrected chi connectivity index (χ4v) is 0.289. The SMILES string of the molecule is CNC(=O)C(C)C.COC=O. The summed E-state index contributed by atoms with van der Waals surface area (Å²) >= 11 is 0. The van der Waals surface area contributed by atoms with Crippen LogP contribution in [0.1, 0.15) is 13.8 Å². The maximum Gasteiger partial charge on any atom is 0.292 e. The summed E-state index contributed by atoms with van der Waals surface area (Å²) in [7, 11) is 2.95. The fraction of sp³-hybridized carbons (Fsp3) is 0.714. The molecule has 0 unspecified atom stereocenters. The van der Waals surface area contributed by atoms with Gasteiger partial charge in [0.1, 0.15) is 0 Å². The van der Waals surface area contributed by atoms with Crippen LogP contribution < -0.4 is 5.32 Å². The summed E-state index contributed by atoms with van der Waals surface area (Å²) in [6.45, 7) is 4.09. The van der Waals surface area contributed by atoms with Crippen molar-refractivity contribution in [3.8, 4) is 0 Å². The van der Waals surface area contributed by atoms with Crippen molar-refractivity contribution >= 4 is 12.4 Å². The monoisotopic (exact) mass is 161 g/mol. The van der Waals surface area contributed by atoms with Crippen molar-refractivity contribution in [2.45, 2.75) is 13.8 Å². The maximum absolute atomic E-state index is 10.4. The topological polar surface area (TPSA) is 55.4 Å². The van der Waals surface area contributed by atoms with Gasteiger partial charge in [0.05, 0.1) is 7.11 Å². The zero-order chi connectivity index (χ0) is 9.28. The van der Waals surface area contributed by atoms with Crippen molar-refractivity contribution in [1.29, 1.82) is 0 Å². The molecule has 0 bridgehead atoms. The van der Waals surface area contributed by atoms with Crippen LogP contribution in [-0.4, -0.2) is 26.5 Å². The normalized spacial score (nSPS) is 7.73. The van der Waals surface area contributed by atoms with E-state index in [4.69, 9.17) is 4.79 Å². The first-order chi connectivity index (χ1) is 5.09. The smallest absolute Gasteiger partial charge is 0.292 e. The Kier molecular flexibility index (Phi) is 10.2. The second kappa shape index (κ2) is 8.94. The predicted molar refractivity (Wildman–Crippen MR) is 42.0 cm³/mol. The average Bonchev–Trinajstić information content (AvgIpc) is 2.03. The van der Waals surface area contributed by atoms with Gasteiger partial charge in [-0.15, -0.1) is 0 Å². The lowest BCUT2D eigenvalue weighted by Gasteiger charge is -1.98. The van der Waals surface area contributed by atoms with E-state index in [9.17, 15) is 4.79 Å². The van der Waals surface area contributed by atoms with Gasteiger partial charge in [-0.1, -0.05) is 13.8 Å². The molecule has 1 amide bonds. The third kappa shape index (κ3) is 12.2. The summed E-state index contributed by atoms with van der Waals surface area (Å²) < 4.78 is 3.86. The summed E-state index contributed by atoms with van der Waals surface area (Å²) in [6, 6.07) is 0. The third-order valence-corrected chi connectivity index (χ3v) is 0.867. The number of carbonyl (C=O) groups is 2. The molecule has 0 aromatic carbocycles. The molecular weight excluding hydrogens is 146 g/mol. The lowest BCUT2D eigenvalue weighted by atomic mass is 10.2. The number of rotatable bonds is 2. The van der Waals surface area contributed by atoms with Crippen LogP contribution in [0.2, 0.25) is 0 Å². The first kappa shape index (κ1) is 12.6. The fourth-order valence-electron chi connectivity index (χ4n) is 0.289. The minimum Gasteiger partial charge on any atom is -0.471 e. The van der Waals surface area contributed by atoms with Crippen molar-refractivity contribution in [3.05, 3.63) is 0 Å². The van der Waals surface area contributed by atoms with Gasteiger partial charge in [-0.05, 0) is 0 Å². The summed E-state index contributed by atoms with van der Waals surface area (Å²) in [6.07, 6.45) is 0. The quantitative estimate of drug-likeness (QED) is 0.588. The van der Waals surface area contributed by atoms with E-state index in [1.54, 1.807) is 7.05 Å². The molecule has 0 atom stereocenters. The van der Waals surface area contributed by atoms with E-state index >= 15 is 0 Å². The van der Waals surface area contributed by atoms with Crippen molar-refractivity contribution in [1.82, 2.24) is 5.32 Å². The number of nitrogens with one attached hydrogen (secondary N) is 1. The van der Waals surface area contributed by atoms with Gasteiger partial charge in [-0.3, -0.25) is 9.59 Å². The second-order valence-electron chi connectivity index (χ2n) is 2.10. The van der Waals surface area contributed by atoms with Crippen LogP contribution >= 0.6 is 0 Å². The van der Waals surface area contributed by atoms with E-state index in [1.165, 1.54) is 7.11 Å². The molecule has 0 saturated carbocycles. The van der Waals surface area contributed by atoms with E-state index in [0.29, 0.717) is 6.47 Å². The molecule has 0 spiro atoms. The summed E-state index contributed by atoms with van der Waals surface area (Å²) in [5.74, 6) is 0.213. The predicted octanol–water partition coefficient (Wildman–Crippen LogP) is 0.178. The van der Waals surface area contributed by atoms with Gasteiger partial charge < -0.3 is 10.1 Å². The molecule has 66 valence electrons. The van der Waals surface area contributed by atoms with E-state index < -0.39 is 0 Å². The highest BCUT2D eigenvalue weighted by molar-refractivity contribution is 5.77. The Hall–Kier alpha value is -1.06. The van der Waals surface area contributed by atoms with Crippen LogP contribution in [0.3, 0.4) is 0 Å². The molecule has 4 nitrogen and oxygen atoms in total. The van der Waals surface area contributed by atoms with Gasteiger partial charge in [-0.25, -0.2) is 0 Å². The van der Waals surface area contributed by atoms with E-state index in [-0.39, 0.29) is 11.8 Å². The first-order valence-corrected chi connectivity index (χ1v) is 3.28. The largest absolute Gasteiger partial charge is 0.471 e. The van der Waals surface area contributed by atoms with Gasteiger partial charge in [0.25, 0.3) is 6.47 Å². The molecule has 0 fully saturated rings. The molecule has 0 aromatic rings. The Labute approximate surface area is 66.9 Å². The molecule has 0 saturated heterocycles. The van der Waals surface area contributed by atoms with Crippen LogP contribution in [-0.2, 0) is 14.3 Å². The molecule has 0 heterocycles. The molecule has 0 aliphatic heterocycles. The maximum atomic E-state index is 10.4.